The highest BCUT2D eigenvalue weighted by atomic mass is 16.2. The molecule has 0 aliphatic heterocycles. The van der Waals surface area contributed by atoms with E-state index < -0.39 is 0 Å². The summed E-state index contributed by atoms with van der Waals surface area (Å²) in [5.41, 5.74) is 0. The molecule has 15 heavy (non-hydrogen) atoms. The maximum atomic E-state index is 11.8. The van der Waals surface area contributed by atoms with Crippen LogP contribution in [0.1, 0.15) is 46.5 Å². The van der Waals surface area contributed by atoms with Gasteiger partial charge in [-0.2, -0.15) is 0 Å². The Bertz CT molecular complexity index is 202. The summed E-state index contributed by atoms with van der Waals surface area (Å²) in [6.07, 6.45) is 4.71. The van der Waals surface area contributed by atoms with Crippen LogP contribution in [0, 0.1) is 0 Å². The lowest BCUT2D eigenvalue weighted by atomic mass is 10.2. The average Bonchev–Trinajstić information content (AvgIpc) is 3.00. The average molecular weight is 212 g/mol. The number of amides is 1. The lowest BCUT2D eigenvalue weighted by molar-refractivity contribution is -0.130. The van der Waals surface area contributed by atoms with Crippen molar-refractivity contribution in [1.29, 1.82) is 0 Å². The normalized spacial score (nSPS) is 17.5. The molecule has 0 aromatic heterocycles. The summed E-state index contributed by atoms with van der Waals surface area (Å²) >= 11 is 0. The highest BCUT2D eigenvalue weighted by molar-refractivity contribution is 5.78. The van der Waals surface area contributed by atoms with E-state index in [1.165, 1.54) is 19.3 Å². The van der Waals surface area contributed by atoms with E-state index in [-0.39, 0.29) is 5.91 Å². The van der Waals surface area contributed by atoms with E-state index in [0.29, 0.717) is 18.6 Å². The number of rotatable bonds is 7. The van der Waals surface area contributed by atoms with E-state index in [1.54, 1.807) is 0 Å². The number of nitrogens with one attached hydrogen (secondary N) is 1. The molecule has 0 saturated heterocycles. The molecule has 1 atom stereocenters. The van der Waals surface area contributed by atoms with Crippen LogP contribution in [0.4, 0.5) is 0 Å². The molecule has 1 aliphatic carbocycles. The third-order valence-electron chi connectivity index (χ3n) is 2.97. The molecule has 1 fully saturated rings. The number of likely N-dealkylation sites (N-methyl/N-ethyl adjacent to an activating group) is 1. The van der Waals surface area contributed by atoms with Crippen molar-refractivity contribution in [1.82, 2.24) is 10.2 Å². The van der Waals surface area contributed by atoms with Crippen LogP contribution in [0.3, 0.4) is 0 Å². The van der Waals surface area contributed by atoms with E-state index in [1.807, 2.05) is 4.90 Å². The van der Waals surface area contributed by atoms with Crippen molar-refractivity contribution in [3.63, 3.8) is 0 Å². The Labute approximate surface area is 93.2 Å². The van der Waals surface area contributed by atoms with Gasteiger partial charge in [0.05, 0.1) is 6.54 Å². The minimum atomic E-state index is 0.267. The first kappa shape index (κ1) is 12.5. The minimum Gasteiger partial charge on any atom is -0.339 e. The van der Waals surface area contributed by atoms with Gasteiger partial charge in [-0.3, -0.25) is 4.79 Å². The van der Waals surface area contributed by atoms with Crippen molar-refractivity contribution >= 4 is 5.91 Å². The maximum Gasteiger partial charge on any atom is 0.236 e. The molecule has 0 bridgehead atoms. The van der Waals surface area contributed by atoms with Gasteiger partial charge in [0.1, 0.15) is 0 Å². The molecule has 1 aliphatic rings. The van der Waals surface area contributed by atoms with Crippen molar-refractivity contribution in [3.8, 4) is 0 Å². The third kappa shape index (κ3) is 4.20. The van der Waals surface area contributed by atoms with Crippen LogP contribution in [-0.4, -0.2) is 36.0 Å². The molecule has 0 radical (unpaired) electrons. The Hall–Kier alpha value is -0.570. The first-order chi connectivity index (χ1) is 7.19. The van der Waals surface area contributed by atoms with Gasteiger partial charge < -0.3 is 10.2 Å². The summed E-state index contributed by atoms with van der Waals surface area (Å²) < 4.78 is 0. The first-order valence-corrected chi connectivity index (χ1v) is 6.21. The molecule has 1 saturated carbocycles. The van der Waals surface area contributed by atoms with Crippen LogP contribution in [0.25, 0.3) is 0 Å². The Morgan fingerprint density at radius 1 is 1.47 bits per heavy atom. The second kappa shape index (κ2) is 6.11. The molecule has 1 unspecified atom stereocenters. The third-order valence-corrected chi connectivity index (χ3v) is 2.97. The van der Waals surface area contributed by atoms with Gasteiger partial charge in [-0.15, -0.1) is 0 Å². The van der Waals surface area contributed by atoms with Gasteiger partial charge >= 0.3 is 0 Å². The van der Waals surface area contributed by atoms with Crippen LogP contribution < -0.4 is 5.32 Å². The van der Waals surface area contributed by atoms with Crippen molar-refractivity contribution in [2.24, 2.45) is 0 Å². The predicted octanol–water partition coefficient (Wildman–Crippen LogP) is 1.78. The summed E-state index contributed by atoms with van der Waals surface area (Å²) in [5.74, 6) is 0.267. The molecule has 0 heterocycles. The van der Waals surface area contributed by atoms with Gasteiger partial charge in [-0.1, -0.05) is 13.3 Å². The van der Waals surface area contributed by atoms with Crippen LogP contribution in [-0.2, 0) is 4.79 Å². The number of hydrogen-bond donors (Lipinski definition) is 1. The van der Waals surface area contributed by atoms with Crippen LogP contribution in [0.2, 0.25) is 0 Å². The Morgan fingerprint density at radius 3 is 2.60 bits per heavy atom. The SMILES string of the molecule is CCCC(C)NCC(=O)N(CC)C1CC1. The van der Waals surface area contributed by atoms with Crippen LogP contribution >= 0.6 is 0 Å². The molecule has 3 heteroatoms. The molecular formula is C12H24N2O. The quantitative estimate of drug-likeness (QED) is 0.697. The van der Waals surface area contributed by atoms with Gasteiger partial charge in [-0.05, 0) is 33.1 Å². The van der Waals surface area contributed by atoms with Crippen molar-refractivity contribution in [2.75, 3.05) is 13.1 Å². The first-order valence-electron chi connectivity index (χ1n) is 6.21. The molecule has 3 nitrogen and oxygen atoms in total. The van der Waals surface area contributed by atoms with Crippen LogP contribution in [0.15, 0.2) is 0 Å². The molecule has 0 aromatic carbocycles. The van der Waals surface area contributed by atoms with Gasteiger partial charge in [0.15, 0.2) is 0 Å². The molecule has 0 aromatic rings. The maximum absolute atomic E-state index is 11.8. The monoisotopic (exact) mass is 212 g/mol. The number of carbonyl (C=O) groups is 1. The van der Waals surface area contributed by atoms with Crippen LogP contribution in [0.5, 0.6) is 0 Å². The molecule has 0 spiro atoms. The van der Waals surface area contributed by atoms with E-state index in [0.717, 1.165) is 13.0 Å². The van der Waals surface area contributed by atoms with Gasteiger partial charge in [0.2, 0.25) is 5.91 Å². The second-order valence-electron chi connectivity index (χ2n) is 4.48. The van der Waals surface area contributed by atoms with E-state index in [2.05, 4.69) is 26.1 Å². The fourth-order valence-corrected chi connectivity index (χ4v) is 1.92. The Morgan fingerprint density at radius 2 is 2.13 bits per heavy atom. The van der Waals surface area contributed by atoms with Gasteiger partial charge in [-0.25, -0.2) is 0 Å². The zero-order valence-electron chi connectivity index (χ0n) is 10.3. The largest absolute Gasteiger partial charge is 0.339 e. The van der Waals surface area contributed by atoms with Gasteiger partial charge in [0.25, 0.3) is 0 Å². The lowest BCUT2D eigenvalue weighted by Gasteiger charge is -2.22. The smallest absolute Gasteiger partial charge is 0.236 e. The summed E-state index contributed by atoms with van der Waals surface area (Å²) in [6.45, 7) is 7.73. The number of carbonyl (C=O) groups excluding carboxylic acids is 1. The fourth-order valence-electron chi connectivity index (χ4n) is 1.92. The number of nitrogens with zero attached hydrogens (tertiary/aromatic N) is 1. The zero-order valence-corrected chi connectivity index (χ0v) is 10.3. The lowest BCUT2D eigenvalue weighted by Crippen LogP contribution is -2.41. The molecule has 88 valence electrons. The highest BCUT2D eigenvalue weighted by Gasteiger charge is 2.30. The zero-order chi connectivity index (χ0) is 11.3. The van der Waals surface area contributed by atoms with E-state index in [4.69, 9.17) is 0 Å². The standard InChI is InChI=1S/C12H24N2O/c1-4-6-10(3)13-9-12(15)14(5-2)11-7-8-11/h10-11,13H,4-9H2,1-3H3. The summed E-state index contributed by atoms with van der Waals surface area (Å²) in [4.78, 5) is 13.8. The molecule has 1 rings (SSSR count). The second-order valence-corrected chi connectivity index (χ2v) is 4.48. The van der Waals surface area contributed by atoms with Crippen molar-refractivity contribution < 1.29 is 4.79 Å². The highest BCUT2D eigenvalue weighted by Crippen LogP contribution is 2.26. The van der Waals surface area contributed by atoms with E-state index in [9.17, 15) is 4.79 Å². The predicted molar refractivity (Wildman–Crippen MR) is 62.8 cm³/mol. The molecule has 1 N–H and O–H groups in total. The van der Waals surface area contributed by atoms with E-state index >= 15 is 0 Å². The topological polar surface area (TPSA) is 32.3 Å². The van der Waals surface area contributed by atoms with Crippen molar-refractivity contribution in [2.45, 2.75) is 58.5 Å². The summed E-state index contributed by atoms with van der Waals surface area (Å²) in [7, 11) is 0. The Kier molecular flexibility index (Phi) is 5.09. The summed E-state index contributed by atoms with van der Waals surface area (Å²) in [5, 5.41) is 3.29. The summed E-state index contributed by atoms with van der Waals surface area (Å²) in [6, 6.07) is 1.00. The fraction of sp³-hybridized carbons (Fsp3) is 0.917. The Balaban J connectivity index is 2.21. The van der Waals surface area contributed by atoms with Crippen molar-refractivity contribution in [3.05, 3.63) is 0 Å². The van der Waals surface area contributed by atoms with Gasteiger partial charge in [0, 0.05) is 18.6 Å². The molecular weight excluding hydrogens is 188 g/mol. The minimum absolute atomic E-state index is 0.267. The molecule has 1 amide bonds. The number of hydrogen-bond acceptors (Lipinski definition) is 2.